The Morgan fingerprint density at radius 3 is 2.54 bits per heavy atom. The lowest BCUT2D eigenvalue weighted by atomic mass is 10.1. The Bertz CT molecular complexity index is 994. The van der Waals surface area contributed by atoms with Crippen LogP contribution in [0.5, 0.6) is 17.2 Å². The van der Waals surface area contributed by atoms with Gasteiger partial charge in [-0.25, -0.2) is 9.78 Å². The van der Waals surface area contributed by atoms with Gasteiger partial charge < -0.3 is 34.1 Å². The van der Waals surface area contributed by atoms with Gasteiger partial charge in [-0.3, -0.25) is 4.79 Å². The van der Waals surface area contributed by atoms with Gasteiger partial charge in [0.05, 0.1) is 34.2 Å². The fourth-order valence-electron chi connectivity index (χ4n) is 4.45. The van der Waals surface area contributed by atoms with Crippen LogP contribution in [-0.2, 0) is 14.3 Å². The van der Waals surface area contributed by atoms with Gasteiger partial charge in [0.15, 0.2) is 11.5 Å². The third kappa shape index (κ3) is 6.37. The molecule has 35 heavy (non-hydrogen) atoms. The zero-order valence-corrected chi connectivity index (χ0v) is 20.9. The van der Waals surface area contributed by atoms with Crippen LogP contribution < -0.4 is 19.9 Å². The number of nitrogens with two attached hydrogens (primary N) is 1. The number of methoxy groups -OCH3 is 3. The molecule has 1 aromatic carbocycles. The van der Waals surface area contributed by atoms with Crippen molar-refractivity contribution < 1.29 is 28.5 Å². The molecule has 1 amide bonds. The Kier molecular flexibility index (Phi) is 9.22. The minimum atomic E-state index is -0.739. The largest absolute Gasteiger partial charge is 0.493 e. The summed E-state index contributed by atoms with van der Waals surface area (Å²) in [5.41, 5.74) is 5.83. The van der Waals surface area contributed by atoms with Crippen molar-refractivity contribution in [2.24, 2.45) is 0 Å². The first-order valence-corrected chi connectivity index (χ1v) is 12.0. The minimum absolute atomic E-state index is 0.173. The normalized spacial score (nSPS) is 18.2. The highest BCUT2D eigenvalue weighted by Crippen LogP contribution is 2.33. The number of amides is 1. The van der Waals surface area contributed by atoms with Crippen LogP contribution in [0.3, 0.4) is 0 Å². The smallest absolute Gasteiger partial charge is 0.328 e. The molecule has 2 aromatic rings. The lowest BCUT2D eigenvalue weighted by molar-refractivity contribution is -0.152. The maximum Gasteiger partial charge on any atom is 0.328 e. The maximum atomic E-state index is 13.8. The number of nitrogen functional groups attached to an aromatic ring is 1. The predicted octanol–water partition coefficient (Wildman–Crippen LogP) is 3.22. The van der Waals surface area contributed by atoms with Crippen molar-refractivity contribution in [2.75, 3.05) is 33.6 Å². The van der Waals surface area contributed by atoms with Crippen molar-refractivity contribution >= 4 is 17.7 Å². The number of hydrogen-bond donors (Lipinski definition) is 1. The van der Waals surface area contributed by atoms with Crippen molar-refractivity contribution in [3.8, 4) is 17.2 Å². The Hall–Kier alpha value is -3.43. The highest BCUT2D eigenvalue weighted by Gasteiger charge is 2.43. The summed E-state index contributed by atoms with van der Waals surface area (Å²) >= 11 is 0. The van der Waals surface area contributed by atoms with E-state index in [1.54, 1.807) is 54.4 Å². The summed E-state index contributed by atoms with van der Waals surface area (Å²) in [6.07, 6.45) is 7.88. The SMILES string of the molecule is CCCCCC[C@H](C(=O)N1C[C@@H](Oc2ccc(OC)c(OC)c2)C[C@H]1C(=O)OC)n1cnc(N)c1. The number of likely N-dealkylation sites (tertiary alicyclic amines) is 1. The number of aromatic nitrogens is 2. The Balaban J connectivity index is 1.80. The molecule has 0 spiro atoms. The van der Waals surface area contributed by atoms with E-state index in [1.807, 2.05) is 0 Å². The fourth-order valence-corrected chi connectivity index (χ4v) is 4.45. The third-order valence-electron chi connectivity index (χ3n) is 6.27. The molecule has 10 nitrogen and oxygen atoms in total. The first kappa shape index (κ1) is 26.2. The summed E-state index contributed by atoms with van der Waals surface area (Å²) < 4.78 is 23.5. The lowest BCUT2D eigenvalue weighted by Crippen LogP contribution is -2.44. The van der Waals surface area contributed by atoms with Crippen molar-refractivity contribution in [3.63, 3.8) is 0 Å². The van der Waals surface area contributed by atoms with Gasteiger partial charge in [-0.05, 0) is 18.6 Å². The second kappa shape index (κ2) is 12.3. The van der Waals surface area contributed by atoms with Crippen molar-refractivity contribution in [1.82, 2.24) is 14.5 Å². The molecule has 0 bridgehead atoms. The summed E-state index contributed by atoms with van der Waals surface area (Å²) in [6.45, 7) is 2.39. The quantitative estimate of drug-likeness (QED) is 0.357. The molecule has 1 aliphatic heterocycles. The van der Waals surface area contributed by atoms with Crippen molar-refractivity contribution in [3.05, 3.63) is 30.7 Å². The fraction of sp³-hybridized carbons (Fsp3) is 0.560. The monoisotopic (exact) mass is 488 g/mol. The van der Waals surface area contributed by atoms with E-state index in [2.05, 4.69) is 11.9 Å². The third-order valence-corrected chi connectivity index (χ3v) is 6.27. The van der Waals surface area contributed by atoms with Crippen LogP contribution in [0.15, 0.2) is 30.7 Å². The number of unbranched alkanes of at least 4 members (excludes halogenated alkanes) is 3. The Labute approximate surface area is 206 Å². The van der Waals surface area contributed by atoms with E-state index in [9.17, 15) is 9.59 Å². The number of benzene rings is 1. The molecule has 1 aliphatic rings. The average Bonchev–Trinajstić information content (AvgIpc) is 3.49. The number of ether oxygens (including phenoxy) is 4. The standard InChI is InChI=1S/C25H36N4O6/c1-5-6-7-8-9-19(28-15-23(26)27-16-28)24(30)29-14-18(12-20(29)25(31)34-4)35-17-10-11-21(32-2)22(13-17)33-3/h10-11,13,15-16,18-20H,5-9,12,14,26H2,1-4H3/t18-,19+,20-/m0/s1. The lowest BCUT2D eigenvalue weighted by Gasteiger charge is -2.28. The number of anilines is 1. The summed E-state index contributed by atoms with van der Waals surface area (Å²) in [4.78, 5) is 32.1. The number of carbonyl (C=O) groups is 2. The van der Waals surface area contributed by atoms with Crippen molar-refractivity contribution in [1.29, 1.82) is 0 Å². The van der Waals surface area contributed by atoms with Gasteiger partial charge in [-0.1, -0.05) is 32.6 Å². The number of hydrogen-bond acceptors (Lipinski definition) is 8. The highest BCUT2D eigenvalue weighted by molar-refractivity contribution is 5.87. The zero-order chi connectivity index (χ0) is 25.4. The zero-order valence-electron chi connectivity index (χ0n) is 20.9. The molecule has 0 aliphatic carbocycles. The molecule has 10 heteroatoms. The number of nitrogens with zero attached hydrogens (tertiary/aromatic N) is 3. The van der Waals surface area contributed by atoms with Gasteiger partial charge in [0.25, 0.3) is 0 Å². The highest BCUT2D eigenvalue weighted by atomic mass is 16.5. The molecular weight excluding hydrogens is 452 g/mol. The topological polar surface area (TPSA) is 118 Å². The van der Waals surface area contributed by atoms with Gasteiger partial charge >= 0.3 is 5.97 Å². The van der Waals surface area contributed by atoms with E-state index >= 15 is 0 Å². The van der Waals surface area contributed by atoms with Crippen LogP contribution in [0, 0.1) is 0 Å². The molecular formula is C25H36N4O6. The maximum absolute atomic E-state index is 13.8. The second-order valence-corrected chi connectivity index (χ2v) is 8.63. The molecule has 1 saturated heterocycles. The summed E-state index contributed by atoms with van der Waals surface area (Å²) in [7, 11) is 4.44. The van der Waals surface area contributed by atoms with E-state index in [1.165, 1.54) is 7.11 Å². The van der Waals surface area contributed by atoms with Crippen LogP contribution in [-0.4, -0.2) is 66.3 Å². The molecule has 0 radical (unpaired) electrons. The summed E-state index contributed by atoms with van der Waals surface area (Å²) in [6, 6.07) is 3.99. The summed E-state index contributed by atoms with van der Waals surface area (Å²) in [5.74, 6) is 1.38. The Morgan fingerprint density at radius 1 is 1.14 bits per heavy atom. The van der Waals surface area contributed by atoms with Gasteiger partial charge in [0.1, 0.15) is 29.8 Å². The first-order valence-electron chi connectivity index (χ1n) is 12.0. The summed E-state index contributed by atoms with van der Waals surface area (Å²) in [5, 5.41) is 0. The van der Waals surface area contributed by atoms with Gasteiger partial charge in [-0.2, -0.15) is 0 Å². The molecule has 1 fully saturated rings. The van der Waals surface area contributed by atoms with E-state index in [0.29, 0.717) is 35.9 Å². The van der Waals surface area contributed by atoms with E-state index in [-0.39, 0.29) is 12.5 Å². The van der Waals surface area contributed by atoms with E-state index in [0.717, 1.165) is 25.7 Å². The molecule has 3 rings (SSSR count). The first-order chi connectivity index (χ1) is 16.9. The molecule has 2 heterocycles. The predicted molar refractivity (Wildman–Crippen MR) is 131 cm³/mol. The second-order valence-electron chi connectivity index (χ2n) is 8.63. The van der Waals surface area contributed by atoms with Gasteiger partial charge in [-0.15, -0.1) is 0 Å². The van der Waals surface area contributed by atoms with Crippen LogP contribution in [0.4, 0.5) is 5.82 Å². The average molecular weight is 489 g/mol. The van der Waals surface area contributed by atoms with Crippen molar-refractivity contribution in [2.45, 2.75) is 63.6 Å². The number of rotatable bonds is 12. The minimum Gasteiger partial charge on any atom is -0.493 e. The molecule has 0 saturated carbocycles. The number of imidazole rings is 1. The molecule has 0 unspecified atom stereocenters. The molecule has 192 valence electrons. The van der Waals surface area contributed by atoms with E-state index < -0.39 is 24.2 Å². The van der Waals surface area contributed by atoms with Crippen LogP contribution in [0.1, 0.15) is 51.5 Å². The molecule has 2 N–H and O–H groups in total. The molecule has 3 atom stereocenters. The molecule has 1 aromatic heterocycles. The van der Waals surface area contributed by atoms with Crippen LogP contribution in [0.25, 0.3) is 0 Å². The van der Waals surface area contributed by atoms with Gasteiger partial charge in [0, 0.05) is 18.7 Å². The van der Waals surface area contributed by atoms with Gasteiger partial charge in [0.2, 0.25) is 5.91 Å². The van der Waals surface area contributed by atoms with Crippen LogP contribution in [0.2, 0.25) is 0 Å². The Morgan fingerprint density at radius 2 is 1.91 bits per heavy atom. The van der Waals surface area contributed by atoms with E-state index in [4.69, 9.17) is 24.7 Å². The number of esters is 1. The van der Waals surface area contributed by atoms with Crippen LogP contribution >= 0.6 is 0 Å². The number of carbonyl (C=O) groups excluding carboxylic acids is 2.